The van der Waals surface area contributed by atoms with Gasteiger partial charge in [-0.25, -0.2) is 0 Å². The average molecular weight is 266 g/mol. The van der Waals surface area contributed by atoms with E-state index in [1.54, 1.807) is 14.2 Å². The number of rotatable bonds is 8. The Kier molecular flexibility index (Phi) is 6.32. The predicted octanol–water partition coefficient (Wildman–Crippen LogP) is 0.808. The minimum Gasteiger partial charge on any atom is -0.496 e. The van der Waals surface area contributed by atoms with Gasteiger partial charge < -0.3 is 20.5 Å². The smallest absolute Gasteiger partial charge is 0.322 e. The van der Waals surface area contributed by atoms with Crippen LogP contribution in [0.4, 0.5) is 0 Å². The third kappa shape index (κ3) is 4.89. The average Bonchev–Trinajstić information content (AvgIpc) is 2.38. The maximum absolute atomic E-state index is 10.8. The zero-order chi connectivity index (χ0) is 14.3. The molecule has 0 aliphatic rings. The number of carboxylic acid groups (broad SMARTS) is 1. The first kappa shape index (κ1) is 15.5. The predicted molar refractivity (Wildman–Crippen MR) is 74.8 cm³/mol. The van der Waals surface area contributed by atoms with Crippen LogP contribution < -0.4 is 15.4 Å². The minimum atomic E-state index is -0.838. The zero-order valence-electron chi connectivity index (χ0n) is 11.7. The second-order valence-corrected chi connectivity index (χ2v) is 4.44. The van der Waals surface area contributed by atoms with E-state index < -0.39 is 12.0 Å². The van der Waals surface area contributed by atoms with E-state index in [9.17, 15) is 4.79 Å². The lowest BCUT2D eigenvalue weighted by atomic mass is 10.1. The van der Waals surface area contributed by atoms with Gasteiger partial charge in [0.05, 0.1) is 7.11 Å². The number of methoxy groups -OCH3 is 1. The molecule has 0 fully saturated rings. The van der Waals surface area contributed by atoms with Crippen molar-refractivity contribution in [2.75, 3.05) is 27.2 Å². The van der Waals surface area contributed by atoms with Crippen LogP contribution in [0.25, 0.3) is 0 Å². The summed E-state index contributed by atoms with van der Waals surface area (Å²) < 4.78 is 5.21. The Morgan fingerprint density at radius 3 is 2.74 bits per heavy atom. The summed E-state index contributed by atoms with van der Waals surface area (Å²) in [4.78, 5) is 10.8. The molecule has 19 heavy (non-hydrogen) atoms. The van der Waals surface area contributed by atoms with Crippen molar-refractivity contribution in [2.24, 2.45) is 0 Å². The molecule has 0 radical (unpaired) electrons. The lowest BCUT2D eigenvalue weighted by Crippen LogP contribution is -2.43. The second kappa shape index (κ2) is 7.76. The van der Waals surface area contributed by atoms with Gasteiger partial charge in [0.1, 0.15) is 11.8 Å². The zero-order valence-corrected chi connectivity index (χ0v) is 11.7. The van der Waals surface area contributed by atoms with E-state index in [0.717, 1.165) is 24.3 Å². The minimum absolute atomic E-state index is 0.418. The fourth-order valence-electron chi connectivity index (χ4n) is 1.89. The Morgan fingerprint density at radius 1 is 1.47 bits per heavy atom. The highest BCUT2D eigenvalue weighted by atomic mass is 16.5. The summed E-state index contributed by atoms with van der Waals surface area (Å²) in [6.07, 6.45) is 0.862. The number of hydrogen-bond acceptors (Lipinski definition) is 4. The van der Waals surface area contributed by atoms with Gasteiger partial charge in [0, 0.05) is 6.54 Å². The van der Waals surface area contributed by atoms with Crippen molar-refractivity contribution in [1.29, 1.82) is 0 Å². The molecule has 1 aromatic rings. The number of ether oxygens (including phenoxy) is 1. The van der Waals surface area contributed by atoms with Gasteiger partial charge in [-0.05, 0) is 44.1 Å². The number of aryl methyl sites for hydroxylation is 1. The Labute approximate surface area is 114 Å². The van der Waals surface area contributed by atoms with Gasteiger partial charge in [0.25, 0.3) is 0 Å². The van der Waals surface area contributed by atoms with Gasteiger partial charge in [-0.3, -0.25) is 4.79 Å². The molecule has 106 valence electrons. The highest BCUT2D eigenvalue weighted by Gasteiger charge is 2.13. The lowest BCUT2D eigenvalue weighted by Gasteiger charge is -2.12. The lowest BCUT2D eigenvalue weighted by molar-refractivity contribution is -0.139. The molecule has 1 aromatic carbocycles. The van der Waals surface area contributed by atoms with Crippen LogP contribution in [0, 0.1) is 6.92 Å². The van der Waals surface area contributed by atoms with Crippen molar-refractivity contribution in [1.82, 2.24) is 10.6 Å². The first-order chi connectivity index (χ1) is 9.08. The molecule has 0 saturated heterocycles. The Hall–Kier alpha value is -1.59. The maximum atomic E-state index is 10.8. The molecule has 5 nitrogen and oxygen atoms in total. The van der Waals surface area contributed by atoms with Gasteiger partial charge in [0.15, 0.2) is 0 Å². The van der Waals surface area contributed by atoms with Crippen molar-refractivity contribution >= 4 is 5.97 Å². The van der Waals surface area contributed by atoms with Crippen LogP contribution >= 0.6 is 0 Å². The molecule has 1 unspecified atom stereocenters. The summed E-state index contributed by atoms with van der Waals surface area (Å²) in [6, 6.07) is 5.53. The summed E-state index contributed by atoms with van der Waals surface area (Å²) in [5.74, 6) is 0.0492. The van der Waals surface area contributed by atoms with Crippen LogP contribution in [0.15, 0.2) is 18.2 Å². The molecular weight excluding hydrogens is 244 g/mol. The molecule has 0 heterocycles. The fraction of sp³-hybridized carbons (Fsp3) is 0.500. The van der Waals surface area contributed by atoms with E-state index in [2.05, 4.69) is 16.7 Å². The molecule has 0 spiro atoms. The van der Waals surface area contributed by atoms with Gasteiger partial charge in [-0.2, -0.15) is 0 Å². The Morgan fingerprint density at radius 2 is 2.21 bits per heavy atom. The first-order valence-corrected chi connectivity index (χ1v) is 6.32. The van der Waals surface area contributed by atoms with Crippen LogP contribution in [-0.4, -0.2) is 44.4 Å². The molecule has 0 aliphatic heterocycles. The molecule has 3 N–H and O–H groups in total. The quantitative estimate of drug-likeness (QED) is 0.607. The van der Waals surface area contributed by atoms with Gasteiger partial charge in [-0.1, -0.05) is 12.1 Å². The number of carbonyl (C=O) groups is 1. The van der Waals surface area contributed by atoms with E-state index in [4.69, 9.17) is 9.84 Å². The van der Waals surface area contributed by atoms with Crippen molar-refractivity contribution in [3.05, 3.63) is 29.3 Å². The van der Waals surface area contributed by atoms with Crippen molar-refractivity contribution in [2.45, 2.75) is 19.4 Å². The summed E-state index contributed by atoms with van der Waals surface area (Å²) in [5.41, 5.74) is 2.32. The molecule has 0 aromatic heterocycles. The van der Waals surface area contributed by atoms with Crippen LogP contribution in [0.2, 0.25) is 0 Å². The van der Waals surface area contributed by atoms with Crippen LogP contribution in [0.5, 0.6) is 5.75 Å². The van der Waals surface area contributed by atoms with Gasteiger partial charge in [0.2, 0.25) is 0 Å². The van der Waals surface area contributed by atoms with Gasteiger partial charge >= 0.3 is 5.97 Å². The Balaban J connectivity index is 2.37. The number of carboxylic acids is 1. The number of hydrogen-bond donors (Lipinski definition) is 3. The molecule has 0 saturated carbocycles. The number of likely N-dealkylation sites (N-methyl/N-ethyl adjacent to an activating group) is 1. The van der Waals surface area contributed by atoms with E-state index in [1.807, 2.05) is 19.1 Å². The van der Waals surface area contributed by atoms with Crippen LogP contribution in [0.3, 0.4) is 0 Å². The molecule has 1 rings (SSSR count). The van der Waals surface area contributed by atoms with E-state index in [-0.39, 0.29) is 0 Å². The topological polar surface area (TPSA) is 70.6 Å². The van der Waals surface area contributed by atoms with E-state index in [0.29, 0.717) is 6.54 Å². The first-order valence-electron chi connectivity index (χ1n) is 6.32. The molecular formula is C14H22N2O3. The largest absolute Gasteiger partial charge is 0.496 e. The van der Waals surface area contributed by atoms with Crippen LogP contribution in [0.1, 0.15) is 11.1 Å². The summed E-state index contributed by atoms with van der Waals surface area (Å²) in [6.45, 7) is 3.18. The molecule has 0 bridgehead atoms. The molecule has 5 heteroatoms. The molecule has 0 amide bonds. The van der Waals surface area contributed by atoms with Crippen molar-refractivity contribution < 1.29 is 14.6 Å². The standard InChI is InChI=1S/C14H22N2O3/c1-10-8-11(4-5-13(10)19-3)6-7-16-9-12(15-2)14(17)18/h4-5,8,12,15-16H,6-7,9H2,1-3H3,(H,17,18). The maximum Gasteiger partial charge on any atom is 0.322 e. The monoisotopic (exact) mass is 266 g/mol. The summed E-state index contributed by atoms with van der Waals surface area (Å²) in [7, 11) is 3.31. The van der Waals surface area contributed by atoms with E-state index in [1.165, 1.54) is 5.56 Å². The van der Waals surface area contributed by atoms with E-state index >= 15 is 0 Å². The summed E-state index contributed by atoms with van der Waals surface area (Å²) >= 11 is 0. The Bertz CT molecular complexity index is 421. The second-order valence-electron chi connectivity index (χ2n) is 4.44. The number of benzene rings is 1. The fourth-order valence-corrected chi connectivity index (χ4v) is 1.89. The third-order valence-electron chi connectivity index (χ3n) is 3.04. The third-order valence-corrected chi connectivity index (χ3v) is 3.04. The number of aliphatic carboxylic acids is 1. The summed E-state index contributed by atoms with van der Waals surface area (Å²) in [5, 5.41) is 14.8. The highest BCUT2D eigenvalue weighted by Crippen LogP contribution is 2.18. The van der Waals surface area contributed by atoms with Crippen molar-refractivity contribution in [3.8, 4) is 5.75 Å². The molecule has 1 atom stereocenters. The van der Waals surface area contributed by atoms with Crippen LogP contribution in [-0.2, 0) is 11.2 Å². The highest BCUT2D eigenvalue weighted by molar-refractivity contribution is 5.73. The SMILES string of the molecule is CNC(CNCCc1ccc(OC)c(C)c1)C(=O)O. The number of nitrogens with one attached hydrogen (secondary N) is 2. The molecule has 0 aliphatic carbocycles. The van der Waals surface area contributed by atoms with Crippen molar-refractivity contribution in [3.63, 3.8) is 0 Å². The van der Waals surface area contributed by atoms with Gasteiger partial charge in [-0.15, -0.1) is 0 Å². The normalized spacial score (nSPS) is 12.2.